The maximum atomic E-state index is 13.6. The van der Waals surface area contributed by atoms with E-state index in [4.69, 9.17) is 26.6 Å². The fourth-order valence-corrected chi connectivity index (χ4v) is 3.57. The Hall–Kier alpha value is -1.70. The Morgan fingerprint density at radius 2 is 1.81 bits per heavy atom. The Labute approximate surface area is 192 Å². The van der Waals surface area contributed by atoms with Gasteiger partial charge in [0.1, 0.15) is 5.75 Å². The molecule has 0 amide bonds. The van der Waals surface area contributed by atoms with Gasteiger partial charge in [-0.25, -0.2) is 4.57 Å². The zero-order valence-electron chi connectivity index (χ0n) is 17.6. The topological polar surface area (TPSA) is 81.8 Å². The van der Waals surface area contributed by atoms with Gasteiger partial charge in [0.15, 0.2) is 0 Å². The summed E-state index contributed by atoms with van der Waals surface area (Å²) in [5, 5.41) is 10.1. The average molecular weight is 492 g/mol. The van der Waals surface area contributed by atoms with Crippen LogP contribution in [0.4, 0.5) is 13.2 Å². The van der Waals surface area contributed by atoms with E-state index >= 15 is 0 Å². The Morgan fingerprint density at radius 3 is 2.44 bits per heavy atom. The van der Waals surface area contributed by atoms with E-state index in [0.717, 1.165) is 17.2 Å². The predicted octanol–water partition coefficient (Wildman–Crippen LogP) is 5.52. The van der Waals surface area contributed by atoms with Gasteiger partial charge in [0.25, 0.3) is 0 Å². The molecule has 2 aromatic rings. The number of nitrogens with two attached hydrogens (primary N) is 1. The zero-order valence-corrected chi connectivity index (χ0v) is 19.3. The summed E-state index contributed by atoms with van der Waals surface area (Å²) in [5.74, 6) is -0.233. The van der Waals surface area contributed by atoms with Crippen LogP contribution in [0.1, 0.15) is 35.1 Å². The molecule has 176 valence electrons. The second-order valence-electron chi connectivity index (χ2n) is 7.73. The molecular formula is C22H26ClF3NO4P. The molecule has 32 heavy (non-hydrogen) atoms. The van der Waals surface area contributed by atoms with Crippen molar-refractivity contribution in [3.05, 3.63) is 63.7 Å². The summed E-state index contributed by atoms with van der Waals surface area (Å²) in [5.41, 5.74) is 6.27. The molecule has 0 saturated heterocycles. The zero-order chi connectivity index (χ0) is 23.8. The second-order valence-corrected chi connectivity index (χ2v) is 8.55. The summed E-state index contributed by atoms with van der Waals surface area (Å²) in [6.07, 6.45) is -3.06. The standard InChI is InChI=1S/C22H26ClF3NO4P/c1-15-11-16(4-6-19(15)23)3-2-10-30-20-7-5-17(12-18(20)22(24,25)26)8-9-21(27,13-28)14-31-32-29/h4-7,11-12,28H,2-3,8-10,13-14,27H2,1H3. The molecule has 1 unspecified atom stereocenters. The van der Waals surface area contributed by atoms with Crippen molar-refractivity contribution in [1.29, 1.82) is 0 Å². The van der Waals surface area contributed by atoms with Gasteiger partial charge in [0.05, 0.1) is 30.9 Å². The number of benzene rings is 2. The number of hydrogen-bond donors (Lipinski definition) is 2. The third kappa shape index (κ3) is 8.01. The molecule has 1 atom stereocenters. The first-order valence-corrected chi connectivity index (χ1v) is 11.1. The van der Waals surface area contributed by atoms with Crippen LogP contribution in [0.15, 0.2) is 36.4 Å². The summed E-state index contributed by atoms with van der Waals surface area (Å²) in [4.78, 5) is 0. The SMILES string of the molecule is Cc1cc(CCCOc2ccc(CCC(N)(CO)COP=O)cc2C(F)(F)F)ccc1Cl. The molecule has 0 bridgehead atoms. The molecular weight excluding hydrogens is 466 g/mol. The van der Waals surface area contributed by atoms with Gasteiger partial charge in [0.2, 0.25) is 0 Å². The quantitative estimate of drug-likeness (QED) is 0.301. The number of aryl methyl sites for hydroxylation is 3. The first-order valence-electron chi connectivity index (χ1n) is 10.0. The lowest BCUT2D eigenvalue weighted by atomic mass is 9.93. The van der Waals surface area contributed by atoms with E-state index < -0.39 is 32.6 Å². The van der Waals surface area contributed by atoms with E-state index in [1.165, 1.54) is 12.1 Å². The van der Waals surface area contributed by atoms with Crippen molar-refractivity contribution in [2.24, 2.45) is 5.73 Å². The van der Waals surface area contributed by atoms with Gasteiger partial charge < -0.3 is 15.6 Å². The monoisotopic (exact) mass is 491 g/mol. The van der Waals surface area contributed by atoms with Gasteiger partial charge in [-0.1, -0.05) is 29.8 Å². The highest BCUT2D eigenvalue weighted by atomic mass is 35.5. The van der Waals surface area contributed by atoms with E-state index in [1.807, 2.05) is 19.1 Å². The van der Waals surface area contributed by atoms with Gasteiger partial charge in [0, 0.05) is 5.02 Å². The minimum Gasteiger partial charge on any atom is -0.493 e. The molecule has 0 heterocycles. The van der Waals surface area contributed by atoms with Crippen molar-refractivity contribution in [3.8, 4) is 5.75 Å². The third-order valence-corrected chi connectivity index (χ3v) is 5.73. The normalized spacial score (nSPS) is 13.8. The average Bonchev–Trinajstić information content (AvgIpc) is 2.76. The predicted molar refractivity (Wildman–Crippen MR) is 117 cm³/mol. The number of aliphatic hydroxyl groups is 1. The molecule has 0 saturated carbocycles. The lowest BCUT2D eigenvalue weighted by molar-refractivity contribution is -0.139. The molecule has 2 aromatic carbocycles. The van der Waals surface area contributed by atoms with Crippen LogP contribution in [0.5, 0.6) is 5.75 Å². The van der Waals surface area contributed by atoms with E-state index in [2.05, 4.69) is 0 Å². The Balaban J connectivity index is 2.01. The van der Waals surface area contributed by atoms with Crippen LogP contribution in [0.2, 0.25) is 5.02 Å². The minimum atomic E-state index is -4.58. The van der Waals surface area contributed by atoms with Crippen LogP contribution in [0, 0.1) is 6.92 Å². The first kappa shape index (κ1) is 26.6. The third-order valence-electron chi connectivity index (χ3n) is 5.07. The lowest BCUT2D eigenvalue weighted by Gasteiger charge is -2.25. The number of hydrogen-bond acceptors (Lipinski definition) is 5. The maximum Gasteiger partial charge on any atom is 0.419 e. The molecule has 0 aliphatic carbocycles. The highest BCUT2D eigenvalue weighted by Gasteiger charge is 2.35. The molecule has 0 aromatic heterocycles. The van der Waals surface area contributed by atoms with Crippen molar-refractivity contribution in [1.82, 2.24) is 0 Å². The van der Waals surface area contributed by atoms with E-state index in [-0.39, 0.29) is 31.8 Å². The molecule has 5 nitrogen and oxygen atoms in total. The number of halogens is 4. The van der Waals surface area contributed by atoms with Crippen LogP contribution in [0.3, 0.4) is 0 Å². The van der Waals surface area contributed by atoms with E-state index in [1.54, 1.807) is 6.07 Å². The molecule has 2 rings (SSSR count). The molecule has 0 fully saturated rings. The number of rotatable bonds is 12. The highest BCUT2D eigenvalue weighted by molar-refractivity contribution is 7.17. The number of ether oxygens (including phenoxy) is 1. The molecule has 0 aliphatic heterocycles. The van der Waals surface area contributed by atoms with Crippen molar-refractivity contribution in [2.45, 2.75) is 44.3 Å². The van der Waals surface area contributed by atoms with Crippen molar-refractivity contribution < 1.29 is 32.1 Å². The van der Waals surface area contributed by atoms with Crippen LogP contribution in [-0.2, 0) is 28.1 Å². The first-order chi connectivity index (χ1) is 15.1. The molecule has 0 spiro atoms. The van der Waals surface area contributed by atoms with Crippen LogP contribution in [0.25, 0.3) is 0 Å². The summed E-state index contributed by atoms with van der Waals surface area (Å²) < 4.78 is 61.3. The van der Waals surface area contributed by atoms with Crippen LogP contribution < -0.4 is 10.5 Å². The second kappa shape index (κ2) is 12.0. The van der Waals surface area contributed by atoms with Crippen LogP contribution >= 0.6 is 20.3 Å². The summed E-state index contributed by atoms with van der Waals surface area (Å²) >= 11 is 6.00. The molecule has 10 heteroatoms. The van der Waals surface area contributed by atoms with Gasteiger partial charge in [-0.3, -0.25) is 4.52 Å². The van der Waals surface area contributed by atoms with Crippen molar-refractivity contribution in [3.63, 3.8) is 0 Å². The Bertz CT molecular complexity index is 913. The Morgan fingerprint density at radius 1 is 1.12 bits per heavy atom. The summed E-state index contributed by atoms with van der Waals surface area (Å²) in [7, 11) is -0.580. The fourth-order valence-electron chi connectivity index (χ4n) is 3.15. The maximum absolute atomic E-state index is 13.6. The molecule has 3 N–H and O–H groups in total. The highest BCUT2D eigenvalue weighted by Crippen LogP contribution is 2.37. The number of alkyl halides is 3. The van der Waals surface area contributed by atoms with Gasteiger partial charge >= 0.3 is 14.9 Å². The molecule has 0 aliphatic rings. The Kier molecular flexibility index (Phi) is 9.92. The van der Waals surface area contributed by atoms with Crippen LogP contribution in [-0.4, -0.2) is 30.5 Å². The van der Waals surface area contributed by atoms with Gasteiger partial charge in [-0.2, -0.15) is 13.2 Å². The lowest BCUT2D eigenvalue weighted by Crippen LogP contribution is -2.47. The molecule has 0 radical (unpaired) electrons. The smallest absolute Gasteiger partial charge is 0.419 e. The van der Waals surface area contributed by atoms with E-state index in [0.29, 0.717) is 23.4 Å². The summed E-state index contributed by atoms with van der Waals surface area (Å²) in [6.45, 7) is 1.38. The summed E-state index contributed by atoms with van der Waals surface area (Å²) in [6, 6.07) is 9.50. The van der Waals surface area contributed by atoms with Gasteiger partial charge in [-0.05, 0) is 67.5 Å². The van der Waals surface area contributed by atoms with Gasteiger partial charge in [-0.15, -0.1) is 0 Å². The largest absolute Gasteiger partial charge is 0.493 e. The van der Waals surface area contributed by atoms with Crippen molar-refractivity contribution in [2.75, 3.05) is 19.8 Å². The van der Waals surface area contributed by atoms with Crippen molar-refractivity contribution >= 4 is 20.3 Å². The minimum absolute atomic E-state index is 0.131. The fraction of sp³-hybridized carbons (Fsp3) is 0.455. The van der Waals surface area contributed by atoms with E-state index in [9.17, 15) is 22.8 Å². The number of aliphatic hydroxyl groups excluding tert-OH is 1.